The van der Waals surface area contributed by atoms with Crippen LogP contribution in [0.5, 0.6) is 0 Å². The second-order valence-corrected chi connectivity index (χ2v) is 7.16. The van der Waals surface area contributed by atoms with Gasteiger partial charge in [-0.3, -0.25) is 5.10 Å². The summed E-state index contributed by atoms with van der Waals surface area (Å²) in [5.74, 6) is 0. The van der Waals surface area contributed by atoms with Crippen molar-refractivity contribution in [1.29, 1.82) is 0 Å². The Morgan fingerprint density at radius 3 is 2.85 bits per heavy atom. The highest BCUT2D eigenvalue weighted by molar-refractivity contribution is 7.89. The predicted octanol–water partition coefficient (Wildman–Crippen LogP) is 1.55. The lowest BCUT2D eigenvalue weighted by atomic mass is 10.0. The fourth-order valence-corrected chi connectivity index (χ4v) is 5.00. The van der Waals surface area contributed by atoms with Crippen LogP contribution in [0.1, 0.15) is 50.4 Å². The van der Waals surface area contributed by atoms with Crippen LogP contribution in [0.3, 0.4) is 0 Å². The lowest BCUT2D eigenvalue weighted by molar-refractivity contribution is 0.238. The van der Waals surface area contributed by atoms with Crippen LogP contribution in [0, 0.1) is 6.92 Å². The number of aliphatic hydroxyl groups is 1. The topological polar surface area (TPSA) is 86.3 Å². The summed E-state index contributed by atoms with van der Waals surface area (Å²) in [6, 6.07) is 0.0691. The van der Waals surface area contributed by atoms with Gasteiger partial charge >= 0.3 is 0 Å². The number of aromatic nitrogens is 2. The minimum absolute atomic E-state index is 0.0691. The smallest absolute Gasteiger partial charge is 0.247 e. The van der Waals surface area contributed by atoms with E-state index in [0.29, 0.717) is 12.2 Å². The molecule has 0 spiro atoms. The summed E-state index contributed by atoms with van der Waals surface area (Å²) in [5, 5.41) is 15.8. The van der Waals surface area contributed by atoms with E-state index in [9.17, 15) is 13.5 Å². The van der Waals surface area contributed by atoms with Crippen LogP contribution >= 0.6 is 0 Å². The first-order chi connectivity index (χ1) is 9.52. The van der Waals surface area contributed by atoms with Gasteiger partial charge in [0.1, 0.15) is 10.6 Å². The Balaban J connectivity index is 2.39. The van der Waals surface area contributed by atoms with Gasteiger partial charge in [0.2, 0.25) is 10.0 Å². The maximum Gasteiger partial charge on any atom is 0.247 e. The van der Waals surface area contributed by atoms with Gasteiger partial charge < -0.3 is 5.11 Å². The molecule has 0 saturated carbocycles. The van der Waals surface area contributed by atoms with Gasteiger partial charge in [0.25, 0.3) is 0 Å². The van der Waals surface area contributed by atoms with Crippen molar-refractivity contribution in [3.8, 4) is 0 Å². The van der Waals surface area contributed by atoms with Crippen molar-refractivity contribution in [3.63, 3.8) is 0 Å². The van der Waals surface area contributed by atoms with Gasteiger partial charge in [-0.05, 0) is 26.2 Å². The van der Waals surface area contributed by atoms with E-state index in [2.05, 4.69) is 17.1 Å². The fourth-order valence-electron chi connectivity index (χ4n) is 2.95. The van der Waals surface area contributed by atoms with Crippen LogP contribution in [0.25, 0.3) is 0 Å². The highest BCUT2D eigenvalue weighted by atomic mass is 32.2. The van der Waals surface area contributed by atoms with Crippen LogP contribution < -0.4 is 0 Å². The number of piperidine rings is 1. The van der Waals surface area contributed by atoms with E-state index in [1.54, 1.807) is 11.2 Å². The molecule has 1 aromatic rings. The molecule has 2 rings (SSSR count). The van der Waals surface area contributed by atoms with Crippen LogP contribution in [-0.4, -0.2) is 40.6 Å². The maximum atomic E-state index is 12.9. The van der Waals surface area contributed by atoms with Crippen molar-refractivity contribution in [3.05, 3.63) is 11.4 Å². The zero-order chi connectivity index (χ0) is 14.8. The number of aromatic amines is 1. The van der Waals surface area contributed by atoms with Gasteiger partial charge in [-0.15, -0.1) is 0 Å². The van der Waals surface area contributed by atoms with E-state index in [-0.39, 0.29) is 23.2 Å². The molecule has 20 heavy (non-hydrogen) atoms. The molecule has 0 radical (unpaired) electrons. The van der Waals surface area contributed by atoms with Gasteiger partial charge in [-0.25, -0.2) is 8.42 Å². The minimum atomic E-state index is -3.58. The molecule has 6 nitrogen and oxygen atoms in total. The number of nitrogens with zero attached hydrogens (tertiary/aromatic N) is 2. The first-order valence-electron chi connectivity index (χ1n) is 7.19. The molecule has 7 heteroatoms. The van der Waals surface area contributed by atoms with Crippen LogP contribution in [0.4, 0.5) is 0 Å². The average Bonchev–Trinajstić information content (AvgIpc) is 2.81. The molecule has 1 aromatic heterocycles. The van der Waals surface area contributed by atoms with Crippen molar-refractivity contribution in [2.75, 3.05) is 6.54 Å². The molecule has 2 N–H and O–H groups in total. The Morgan fingerprint density at radius 1 is 1.45 bits per heavy atom. The van der Waals surface area contributed by atoms with E-state index in [1.807, 2.05) is 0 Å². The Kier molecular flexibility index (Phi) is 4.82. The van der Waals surface area contributed by atoms with Crippen LogP contribution in [0.2, 0.25) is 0 Å². The highest BCUT2D eigenvalue weighted by Crippen LogP contribution is 2.30. The van der Waals surface area contributed by atoms with Crippen LogP contribution in [0.15, 0.2) is 4.90 Å². The maximum absolute atomic E-state index is 12.9. The molecule has 0 aromatic carbocycles. The Morgan fingerprint density at radius 2 is 2.20 bits per heavy atom. The summed E-state index contributed by atoms with van der Waals surface area (Å²) in [4.78, 5) is 0.156. The predicted molar refractivity (Wildman–Crippen MR) is 75.7 cm³/mol. The van der Waals surface area contributed by atoms with Crippen molar-refractivity contribution in [2.45, 2.75) is 63.5 Å². The van der Waals surface area contributed by atoms with Crippen molar-refractivity contribution in [1.82, 2.24) is 14.5 Å². The molecule has 1 unspecified atom stereocenters. The average molecular weight is 301 g/mol. The van der Waals surface area contributed by atoms with Crippen molar-refractivity contribution < 1.29 is 13.5 Å². The minimum Gasteiger partial charge on any atom is -0.390 e. The normalized spacial score (nSPS) is 21.2. The summed E-state index contributed by atoms with van der Waals surface area (Å²) in [5.41, 5.74) is 0.707. The molecule has 2 heterocycles. The number of aliphatic hydroxyl groups excluding tert-OH is 1. The molecule has 1 fully saturated rings. The van der Waals surface area contributed by atoms with E-state index in [4.69, 9.17) is 0 Å². The summed E-state index contributed by atoms with van der Waals surface area (Å²) in [7, 11) is -3.58. The number of sulfonamides is 1. The Labute approximate surface area is 120 Å². The van der Waals surface area contributed by atoms with Crippen LogP contribution in [-0.2, 0) is 16.6 Å². The standard InChI is InChI=1S/C13H23N3O3S/c1-3-6-11-7-4-5-8-16(11)20(18,19)13-10(2)14-15-12(13)9-17/h11,17H,3-9H2,1-2H3,(H,14,15). The molecule has 1 atom stereocenters. The number of H-pyrrole nitrogens is 1. The van der Waals surface area contributed by atoms with Gasteiger partial charge in [0, 0.05) is 12.6 Å². The molecule has 1 aliphatic rings. The van der Waals surface area contributed by atoms with Gasteiger partial charge in [-0.2, -0.15) is 9.40 Å². The van der Waals surface area contributed by atoms with Gasteiger partial charge in [0.15, 0.2) is 0 Å². The Hall–Kier alpha value is -0.920. The summed E-state index contributed by atoms with van der Waals surface area (Å²) >= 11 is 0. The molecule has 1 aliphatic heterocycles. The van der Waals surface area contributed by atoms with Crippen molar-refractivity contribution in [2.24, 2.45) is 0 Å². The third-order valence-electron chi connectivity index (χ3n) is 3.87. The number of nitrogens with one attached hydrogen (secondary N) is 1. The molecular formula is C13H23N3O3S. The third kappa shape index (κ3) is 2.75. The fraction of sp³-hybridized carbons (Fsp3) is 0.769. The second kappa shape index (κ2) is 6.24. The van der Waals surface area contributed by atoms with E-state index in [1.165, 1.54) is 0 Å². The molecule has 0 aliphatic carbocycles. The van der Waals surface area contributed by atoms with Gasteiger partial charge in [-0.1, -0.05) is 19.8 Å². The number of aryl methyl sites for hydroxylation is 1. The first-order valence-corrected chi connectivity index (χ1v) is 8.63. The zero-order valence-electron chi connectivity index (χ0n) is 12.1. The van der Waals surface area contributed by atoms with E-state index < -0.39 is 10.0 Å². The summed E-state index contributed by atoms with van der Waals surface area (Å²) < 4.78 is 27.4. The lowest BCUT2D eigenvalue weighted by Crippen LogP contribution is -2.43. The van der Waals surface area contributed by atoms with E-state index >= 15 is 0 Å². The molecule has 0 amide bonds. The largest absolute Gasteiger partial charge is 0.390 e. The number of hydrogen-bond acceptors (Lipinski definition) is 4. The third-order valence-corrected chi connectivity index (χ3v) is 6.03. The second-order valence-electron chi connectivity index (χ2n) is 5.34. The molecule has 114 valence electrons. The quantitative estimate of drug-likeness (QED) is 0.864. The molecule has 1 saturated heterocycles. The first kappa shape index (κ1) is 15.5. The molecular weight excluding hydrogens is 278 g/mol. The molecule has 0 bridgehead atoms. The van der Waals surface area contributed by atoms with Crippen molar-refractivity contribution >= 4 is 10.0 Å². The Bertz CT molecular complexity index is 551. The summed E-state index contributed by atoms with van der Waals surface area (Å²) in [6.07, 6.45) is 4.73. The number of rotatable bonds is 5. The lowest BCUT2D eigenvalue weighted by Gasteiger charge is -2.34. The SMILES string of the molecule is CCCC1CCCCN1S(=O)(=O)c1c(CO)n[nH]c1C. The zero-order valence-corrected chi connectivity index (χ0v) is 12.9. The summed E-state index contributed by atoms with van der Waals surface area (Å²) in [6.45, 7) is 3.94. The monoisotopic (exact) mass is 301 g/mol. The van der Waals surface area contributed by atoms with Gasteiger partial charge in [0.05, 0.1) is 12.3 Å². The number of hydrogen-bond donors (Lipinski definition) is 2. The highest BCUT2D eigenvalue weighted by Gasteiger charge is 2.36. The van der Waals surface area contributed by atoms with E-state index in [0.717, 1.165) is 32.1 Å².